The third-order valence-electron chi connectivity index (χ3n) is 2.88. The predicted octanol–water partition coefficient (Wildman–Crippen LogP) is 1.21. The van der Waals surface area contributed by atoms with E-state index in [1.54, 1.807) is 0 Å². The van der Waals surface area contributed by atoms with Crippen LogP contribution in [0.5, 0.6) is 0 Å². The van der Waals surface area contributed by atoms with Gasteiger partial charge in [0, 0.05) is 12.6 Å². The summed E-state index contributed by atoms with van der Waals surface area (Å²) >= 11 is 0. The SMILES string of the molecule is CCC1=C(C(=O)O)N2CCC2C1. The van der Waals surface area contributed by atoms with Gasteiger partial charge in [-0.3, -0.25) is 0 Å². The van der Waals surface area contributed by atoms with Crippen LogP contribution in [-0.2, 0) is 4.79 Å². The highest BCUT2D eigenvalue weighted by molar-refractivity contribution is 5.88. The molecule has 2 heterocycles. The first kappa shape index (κ1) is 7.65. The molecule has 0 aliphatic carbocycles. The number of fused-ring (bicyclic) bond motifs is 1. The topological polar surface area (TPSA) is 40.5 Å². The van der Waals surface area contributed by atoms with Crippen molar-refractivity contribution in [2.75, 3.05) is 6.54 Å². The van der Waals surface area contributed by atoms with Crippen LogP contribution in [0.3, 0.4) is 0 Å². The molecule has 0 spiro atoms. The molecule has 1 atom stereocenters. The van der Waals surface area contributed by atoms with Gasteiger partial charge in [0.05, 0.1) is 0 Å². The highest BCUT2D eigenvalue weighted by Crippen LogP contribution is 2.38. The van der Waals surface area contributed by atoms with E-state index in [0.717, 1.165) is 25.0 Å². The van der Waals surface area contributed by atoms with Crippen molar-refractivity contribution in [1.82, 2.24) is 4.90 Å². The average molecular weight is 167 g/mol. The summed E-state index contributed by atoms with van der Waals surface area (Å²) in [6.45, 7) is 2.97. The summed E-state index contributed by atoms with van der Waals surface area (Å²) in [4.78, 5) is 12.9. The quantitative estimate of drug-likeness (QED) is 0.672. The molecule has 2 aliphatic heterocycles. The molecule has 1 unspecified atom stereocenters. The van der Waals surface area contributed by atoms with Gasteiger partial charge in [-0.05, 0) is 24.8 Å². The third kappa shape index (κ3) is 0.854. The Morgan fingerprint density at radius 3 is 2.92 bits per heavy atom. The van der Waals surface area contributed by atoms with Crippen LogP contribution >= 0.6 is 0 Å². The maximum absolute atomic E-state index is 10.9. The minimum atomic E-state index is -0.742. The summed E-state index contributed by atoms with van der Waals surface area (Å²) in [6.07, 6.45) is 3.03. The van der Waals surface area contributed by atoms with Crippen molar-refractivity contribution in [3.05, 3.63) is 11.3 Å². The van der Waals surface area contributed by atoms with E-state index < -0.39 is 5.97 Å². The van der Waals surface area contributed by atoms with Gasteiger partial charge in [-0.25, -0.2) is 4.79 Å². The number of rotatable bonds is 2. The number of aliphatic carboxylic acids is 1. The second-order valence-corrected chi connectivity index (χ2v) is 3.45. The average Bonchev–Trinajstić information content (AvgIpc) is 2.23. The Labute approximate surface area is 71.7 Å². The van der Waals surface area contributed by atoms with Crippen LogP contribution in [0, 0.1) is 0 Å². The summed E-state index contributed by atoms with van der Waals surface area (Å²) < 4.78 is 0. The molecule has 0 aromatic heterocycles. The van der Waals surface area contributed by atoms with Gasteiger partial charge in [-0.2, -0.15) is 0 Å². The monoisotopic (exact) mass is 167 g/mol. The molecule has 3 heteroatoms. The molecular formula is C9H13NO2. The van der Waals surface area contributed by atoms with Gasteiger partial charge in [-0.15, -0.1) is 0 Å². The summed E-state index contributed by atoms with van der Waals surface area (Å²) in [6, 6.07) is 0.519. The van der Waals surface area contributed by atoms with E-state index in [0.29, 0.717) is 11.7 Å². The number of nitrogens with zero attached hydrogens (tertiary/aromatic N) is 1. The smallest absolute Gasteiger partial charge is 0.352 e. The van der Waals surface area contributed by atoms with Crippen LogP contribution in [0.2, 0.25) is 0 Å². The Balaban J connectivity index is 2.27. The molecular weight excluding hydrogens is 154 g/mol. The van der Waals surface area contributed by atoms with Gasteiger partial charge in [-0.1, -0.05) is 6.92 Å². The van der Waals surface area contributed by atoms with Crippen molar-refractivity contribution in [2.45, 2.75) is 32.2 Å². The van der Waals surface area contributed by atoms with Gasteiger partial charge < -0.3 is 10.0 Å². The molecule has 66 valence electrons. The van der Waals surface area contributed by atoms with Crippen molar-refractivity contribution in [3.63, 3.8) is 0 Å². The molecule has 1 fully saturated rings. The van der Waals surface area contributed by atoms with Crippen molar-refractivity contribution in [3.8, 4) is 0 Å². The Kier molecular flexibility index (Phi) is 1.60. The zero-order valence-electron chi connectivity index (χ0n) is 7.21. The lowest BCUT2D eigenvalue weighted by Crippen LogP contribution is -2.44. The highest BCUT2D eigenvalue weighted by atomic mass is 16.4. The largest absolute Gasteiger partial charge is 0.477 e. The predicted molar refractivity (Wildman–Crippen MR) is 44.7 cm³/mol. The molecule has 3 nitrogen and oxygen atoms in total. The summed E-state index contributed by atoms with van der Waals surface area (Å²) in [5.41, 5.74) is 1.72. The molecule has 1 N–H and O–H groups in total. The molecule has 0 amide bonds. The highest BCUT2D eigenvalue weighted by Gasteiger charge is 2.40. The van der Waals surface area contributed by atoms with Gasteiger partial charge in [0.15, 0.2) is 0 Å². The van der Waals surface area contributed by atoms with Crippen molar-refractivity contribution in [1.29, 1.82) is 0 Å². The van der Waals surface area contributed by atoms with E-state index in [4.69, 9.17) is 5.11 Å². The second kappa shape index (κ2) is 2.51. The molecule has 2 rings (SSSR count). The van der Waals surface area contributed by atoms with Crippen LogP contribution < -0.4 is 0 Å². The van der Waals surface area contributed by atoms with Crippen LogP contribution in [0.25, 0.3) is 0 Å². The fraction of sp³-hybridized carbons (Fsp3) is 0.667. The van der Waals surface area contributed by atoms with Crippen molar-refractivity contribution >= 4 is 5.97 Å². The molecule has 0 saturated carbocycles. The van der Waals surface area contributed by atoms with Crippen LogP contribution in [0.15, 0.2) is 11.3 Å². The molecule has 0 aromatic rings. The van der Waals surface area contributed by atoms with Gasteiger partial charge in [0.2, 0.25) is 0 Å². The number of hydrogen-bond donors (Lipinski definition) is 1. The van der Waals surface area contributed by atoms with E-state index in [9.17, 15) is 4.79 Å². The number of carboxylic acid groups (broad SMARTS) is 1. The van der Waals surface area contributed by atoms with Gasteiger partial charge in [0.1, 0.15) is 5.70 Å². The minimum Gasteiger partial charge on any atom is -0.477 e. The van der Waals surface area contributed by atoms with E-state index in [1.807, 2.05) is 11.8 Å². The molecule has 0 radical (unpaired) electrons. The normalized spacial score (nSPS) is 27.1. The summed E-state index contributed by atoms with van der Waals surface area (Å²) in [7, 11) is 0. The summed E-state index contributed by atoms with van der Waals surface area (Å²) in [5, 5.41) is 8.94. The van der Waals surface area contributed by atoms with Crippen LogP contribution in [0.1, 0.15) is 26.2 Å². The first-order chi connectivity index (χ1) is 5.74. The maximum Gasteiger partial charge on any atom is 0.352 e. The molecule has 12 heavy (non-hydrogen) atoms. The summed E-state index contributed by atoms with van der Waals surface area (Å²) in [5.74, 6) is -0.742. The zero-order chi connectivity index (χ0) is 8.72. The number of carboxylic acids is 1. The zero-order valence-corrected chi connectivity index (χ0v) is 7.21. The lowest BCUT2D eigenvalue weighted by molar-refractivity contribution is -0.135. The standard InChI is InChI=1S/C9H13NO2/c1-2-6-5-7-3-4-10(7)8(6)9(11)12/h7H,2-5H2,1H3,(H,11,12). The van der Waals surface area contributed by atoms with Crippen LogP contribution in [-0.4, -0.2) is 28.6 Å². The lowest BCUT2D eigenvalue weighted by Gasteiger charge is -2.37. The first-order valence-corrected chi connectivity index (χ1v) is 4.46. The molecule has 1 saturated heterocycles. The van der Waals surface area contributed by atoms with Gasteiger partial charge in [0.25, 0.3) is 0 Å². The van der Waals surface area contributed by atoms with Crippen molar-refractivity contribution < 1.29 is 9.90 Å². The first-order valence-electron chi connectivity index (χ1n) is 4.46. The molecule has 0 aromatic carbocycles. The minimum absolute atomic E-state index is 0.519. The molecule has 0 bridgehead atoms. The van der Waals surface area contributed by atoms with E-state index in [1.165, 1.54) is 6.42 Å². The molecule has 2 aliphatic rings. The Bertz CT molecular complexity index is 257. The fourth-order valence-electron chi connectivity index (χ4n) is 2.12. The van der Waals surface area contributed by atoms with E-state index >= 15 is 0 Å². The van der Waals surface area contributed by atoms with E-state index in [2.05, 4.69) is 0 Å². The number of hydrogen-bond acceptors (Lipinski definition) is 2. The van der Waals surface area contributed by atoms with Crippen molar-refractivity contribution in [2.24, 2.45) is 0 Å². The lowest BCUT2D eigenvalue weighted by atomic mass is 10.0. The van der Waals surface area contributed by atoms with Crippen LogP contribution in [0.4, 0.5) is 0 Å². The Morgan fingerprint density at radius 2 is 2.50 bits per heavy atom. The Morgan fingerprint density at radius 1 is 1.75 bits per heavy atom. The maximum atomic E-state index is 10.9. The number of carbonyl (C=O) groups is 1. The van der Waals surface area contributed by atoms with E-state index in [-0.39, 0.29) is 0 Å². The fourth-order valence-corrected chi connectivity index (χ4v) is 2.12. The van der Waals surface area contributed by atoms with Gasteiger partial charge >= 0.3 is 5.97 Å². The third-order valence-corrected chi connectivity index (χ3v) is 2.88. The Hall–Kier alpha value is -0.990. The second-order valence-electron chi connectivity index (χ2n) is 3.45.